The number of benzene rings is 1. The van der Waals surface area contributed by atoms with Gasteiger partial charge in [0.05, 0.1) is 37.6 Å². The first kappa shape index (κ1) is 21.6. The van der Waals surface area contributed by atoms with Gasteiger partial charge in [0.1, 0.15) is 0 Å². The third kappa shape index (κ3) is 6.82. The van der Waals surface area contributed by atoms with Gasteiger partial charge in [0.2, 0.25) is 0 Å². The van der Waals surface area contributed by atoms with E-state index in [4.69, 9.17) is 9.47 Å². The second-order valence-electron chi connectivity index (χ2n) is 6.26. The second-order valence-corrected chi connectivity index (χ2v) is 6.26. The molecule has 26 heavy (non-hydrogen) atoms. The van der Waals surface area contributed by atoms with Gasteiger partial charge >= 0.3 is 11.9 Å². The van der Waals surface area contributed by atoms with E-state index in [0.717, 1.165) is 11.1 Å². The van der Waals surface area contributed by atoms with Crippen molar-refractivity contribution in [3.05, 3.63) is 58.7 Å². The molecule has 0 saturated carbocycles. The van der Waals surface area contributed by atoms with E-state index in [2.05, 4.69) is 13.2 Å². The van der Waals surface area contributed by atoms with Gasteiger partial charge in [-0.25, -0.2) is 9.59 Å². The van der Waals surface area contributed by atoms with Crippen molar-refractivity contribution in [1.29, 1.82) is 0 Å². The van der Waals surface area contributed by atoms with Crippen LogP contribution in [0.1, 0.15) is 45.7 Å². The van der Waals surface area contributed by atoms with E-state index in [-0.39, 0.29) is 29.7 Å². The number of carboxylic acid groups (broad SMARTS) is 2. The Kier molecular flexibility index (Phi) is 8.75. The highest BCUT2D eigenvalue weighted by Gasteiger charge is 2.22. The fourth-order valence-electron chi connectivity index (χ4n) is 2.48. The van der Waals surface area contributed by atoms with Gasteiger partial charge < -0.3 is 19.7 Å². The largest absolute Gasteiger partial charge is 0.478 e. The molecule has 0 radical (unpaired) electrons. The lowest BCUT2D eigenvalue weighted by Gasteiger charge is -2.15. The fraction of sp³-hybridized carbons (Fsp3) is 0.400. The number of rotatable bonds is 12. The molecule has 1 aromatic rings. The van der Waals surface area contributed by atoms with Crippen LogP contribution in [0.3, 0.4) is 0 Å². The second kappa shape index (κ2) is 10.5. The van der Waals surface area contributed by atoms with Crippen LogP contribution in [0.2, 0.25) is 0 Å². The normalized spacial score (nSPS) is 10.5. The molecule has 0 aromatic heterocycles. The molecule has 0 unspecified atom stereocenters. The molecule has 1 aromatic carbocycles. The van der Waals surface area contributed by atoms with Gasteiger partial charge in [-0.3, -0.25) is 0 Å². The Labute approximate surface area is 153 Å². The topological polar surface area (TPSA) is 93.1 Å². The average molecular weight is 362 g/mol. The lowest BCUT2D eigenvalue weighted by Crippen LogP contribution is -2.16. The highest BCUT2D eigenvalue weighted by Crippen LogP contribution is 2.22. The van der Waals surface area contributed by atoms with Crippen molar-refractivity contribution in [3.63, 3.8) is 0 Å². The van der Waals surface area contributed by atoms with E-state index in [1.54, 1.807) is 0 Å². The smallest absolute Gasteiger partial charge is 0.336 e. The standard InChI is InChI=1S/C20H26O6/c1-13(2)11-25-9-7-15-5-6-17(19(21)22)16(18(15)20(23)24)8-10-26-12-14(3)4/h5-6H,1,3,7-12H2,2,4H3,(H,21,22)(H,23,24). The molecule has 0 saturated heterocycles. The van der Waals surface area contributed by atoms with E-state index >= 15 is 0 Å². The molecule has 6 heteroatoms. The minimum Gasteiger partial charge on any atom is -0.478 e. The van der Waals surface area contributed by atoms with Gasteiger partial charge in [-0.05, 0) is 43.9 Å². The summed E-state index contributed by atoms with van der Waals surface area (Å²) in [7, 11) is 0. The maximum atomic E-state index is 11.8. The Morgan fingerprint density at radius 3 is 1.92 bits per heavy atom. The summed E-state index contributed by atoms with van der Waals surface area (Å²) in [6.45, 7) is 12.4. The molecular weight excluding hydrogens is 336 g/mol. The van der Waals surface area contributed by atoms with Crippen LogP contribution in [0.25, 0.3) is 0 Å². The molecule has 0 atom stereocenters. The van der Waals surface area contributed by atoms with Crippen LogP contribution in [0, 0.1) is 0 Å². The van der Waals surface area contributed by atoms with Crippen molar-refractivity contribution in [2.45, 2.75) is 26.7 Å². The molecule has 0 bridgehead atoms. The minimum atomic E-state index is -1.16. The van der Waals surface area contributed by atoms with Gasteiger partial charge in [-0.1, -0.05) is 30.4 Å². The van der Waals surface area contributed by atoms with Crippen molar-refractivity contribution >= 4 is 11.9 Å². The van der Waals surface area contributed by atoms with E-state index in [0.29, 0.717) is 31.8 Å². The molecule has 0 amide bonds. The highest BCUT2D eigenvalue weighted by molar-refractivity contribution is 5.97. The summed E-state index contributed by atoms with van der Waals surface area (Å²) in [5.74, 6) is -2.31. The molecule has 1 rings (SSSR count). The van der Waals surface area contributed by atoms with Crippen LogP contribution < -0.4 is 0 Å². The number of carboxylic acids is 2. The number of hydrogen-bond acceptors (Lipinski definition) is 4. The van der Waals surface area contributed by atoms with Crippen LogP contribution in [-0.4, -0.2) is 48.6 Å². The third-order valence-electron chi connectivity index (χ3n) is 3.55. The van der Waals surface area contributed by atoms with Crippen molar-refractivity contribution in [1.82, 2.24) is 0 Å². The van der Waals surface area contributed by atoms with Gasteiger partial charge in [-0.2, -0.15) is 0 Å². The molecule has 0 aliphatic heterocycles. The molecule has 0 aliphatic carbocycles. The lowest BCUT2D eigenvalue weighted by molar-refractivity contribution is 0.0692. The first-order chi connectivity index (χ1) is 12.2. The summed E-state index contributed by atoms with van der Waals surface area (Å²) in [5.41, 5.74) is 2.52. The zero-order valence-corrected chi connectivity index (χ0v) is 15.3. The summed E-state index contributed by atoms with van der Waals surface area (Å²) in [6.07, 6.45) is 0.561. The van der Waals surface area contributed by atoms with Crippen molar-refractivity contribution in [2.24, 2.45) is 0 Å². The van der Waals surface area contributed by atoms with Crippen LogP contribution in [-0.2, 0) is 22.3 Å². The SMILES string of the molecule is C=C(C)COCCc1ccc(C(=O)O)c(CCOCC(=C)C)c1C(=O)O. The van der Waals surface area contributed by atoms with Crippen LogP contribution >= 0.6 is 0 Å². The number of hydrogen-bond donors (Lipinski definition) is 2. The van der Waals surface area contributed by atoms with Crippen molar-refractivity contribution < 1.29 is 29.3 Å². The first-order valence-electron chi connectivity index (χ1n) is 8.29. The van der Waals surface area contributed by atoms with E-state index in [9.17, 15) is 19.8 Å². The molecule has 0 heterocycles. The molecule has 0 aliphatic rings. The molecule has 0 spiro atoms. The number of aromatic carboxylic acids is 2. The molecule has 6 nitrogen and oxygen atoms in total. The quantitative estimate of drug-likeness (QED) is 0.437. The van der Waals surface area contributed by atoms with E-state index in [1.807, 2.05) is 13.8 Å². The Morgan fingerprint density at radius 1 is 0.923 bits per heavy atom. The Balaban J connectivity index is 3.05. The monoisotopic (exact) mass is 362 g/mol. The zero-order chi connectivity index (χ0) is 19.7. The Morgan fingerprint density at radius 2 is 1.46 bits per heavy atom. The average Bonchev–Trinajstić information content (AvgIpc) is 2.54. The van der Waals surface area contributed by atoms with Crippen LogP contribution in [0.4, 0.5) is 0 Å². The van der Waals surface area contributed by atoms with Crippen molar-refractivity contribution in [2.75, 3.05) is 26.4 Å². The summed E-state index contributed by atoms with van der Waals surface area (Å²) in [6, 6.07) is 2.98. The third-order valence-corrected chi connectivity index (χ3v) is 3.55. The zero-order valence-electron chi connectivity index (χ0n) is 15.3. The van der Waals surface area contributed by atoms with Crippen molar-refractivity contribution in [3.8, 4) is 0 Å². The summed E-state index contributed by atoms with van der Waals surface area (Å²) in [5, 5.41) is 19.0. The Bertz CT molecular complexity index is 690. The molecule has 142 valence electrons. The minimum absolute atomic E-state index is 0.0164. The number of carbonyl (C=O) groups is 2. The maximum Gasteiger partial charge on any atom is 0.336 e. The van der Waals surface area contributed by atoms with Gasteiger partial charge in [0.15, 0.2) is 0 Å². The van der Waals surface area contributed by atoms with Gasteiger partial charge in [0.25, 0.3) is 0 Å². The summed E-state index contributed by atoms with van der Waals surface area (Å²) in [4.78, 5) is 23.3. The summed E-state index contributed by atoms with van der Waals surface area (Å²) >= 11 is 0. The predicted octanol–water partition coefficient (Wildman–Crippen LogP) is 3.35. The molecule has 0 fully saturated rings. The van der Waals surface area contributed by atoms with E-state index in [1.165, 1.54) is 12.1 Å². The van der Waals surface area contributed by atoms with Gasteiger partial charge in [-0.15, -0.1) is 0 Å². The molecule has 2 N–H and O–H groups in total. The predicted molar refractivity (Wildman–Crippen MR) is 99.0 cm³/mol. The lowest BCUT2D eigenvalue weighted by atomic mass is 9.92. The molecular formula is C20H26O6. The van der Waals surface area contributed by atoms with Crippen LogP contribution in [0.15, 0.2) is 36.4 Å². The maximum absolute atomic E-state index is 11.8. The first-order valence-corrected chi connectivity index (χ1v) is 8.29. The summed E-state index contributed by atoms with van der Waals surface area (Å²) < 4.78 is 10.8. The highest BCUT2D eigenvalue weighted by atomic mass is 16.5. The Hall–Kier alpha value is -2.44. The number of ether oxygens (including phenoxy) is 2. The van der Waals surface area contributed by atoms with Gasteiger partial charge in [0, 0.05) is 0 Å². The fourth-order valence-corrected chi connectivity index (χ4v) is 2.48. The van der Waals surface area contributed by atoms with Crippen LogP contribution in [0.5, 0.6) is 0 Å². The van der Waals surface area contributed by atoms with E-state index < -0.39 is 11.9 Å².